The van der Waals surface area contributed by atoms with E-state index >= 15 is 0 Å². The van der Waals surface area contributed by atoms with Crippen LogP contribution < -0.4 is 0 Å². The smallest absolute Gasteiger partial charge is 0.339 e. The molecule has 0 heterocycles. The molecule has 0 amide bonds. The fraction of sp³-hybridized carbons (Fsp3) is 0.524. The minimum absolute atomic E-state index is 0.231. The molecule has 4 nitrogen and oxygen atoms in total. The Labute approximate surface area is 150 Å². The van der Waals surface area contributed by atoms with E-state index in [1.54, 1.807) is 24.3 Å². The number of carbonyl (C=O) groups is 2. The number of carbonyl (C=O) groups excluding carboxylic acids is 2. The molecule has 25 heavy (non-hydrogen) atoms. The third-order valence-electron chi connectivity index (χ3n) is 3.47. The quantitative estimate of drug-likeness (QED) is 0.510. The SMILES string of the molecule is CCCC#CCC(CC)OC(=O)c1ccccc1C(=O)OCC(C)C. The molecule has 136 valence electrons. The van der Waals surface area contributed by atoms with Crippen molar-refractivity contribution in [3.05, 3.63) is 35.4 Å². The third kappa shape index (κ3) is 7.43. The van der Waals surface area contributed by atoms with Crippen molar-refractivity contribution in [2.45, 2.75) is 59.5 Å². The van der Waals surface area contributed by atoms with Crippen molar-refractivity contribution >= 4 is 11.9 Å². The highest BCUT2D eigenvalue weighted by molar-refractivity contribution is 6.03. The summed E-state index contributed by atoms with van der Waals surface area (Å²) in [5, 5.41) is 0. The molecule has 0 N–H and O–H groups in total. The molecule has 0 aromatic heterocycles. The first kappa shape index (κ1) is 20.8. The van der Waals surface area contributed by atoms with Crippen molar-refractivity contribution in [3.8, 4) is 11.8 Å². The minimum Gasteiger partial charge on any atom is -0.462 e. The Morgan fingerprint density at radius 3 is 2.24 bits per heavy atom. The van der Waals surface area contributed by atoms with Crippen LogP contribution in [0.1, 0.15) is 74.1 Å². The van der Waals surface area contributed by atoms with Gasteiger partial charge in [-0.2, -0.15) is 0 Å². The van der Waals surface area contributed by atoms with Crippen molar-refractivity contribution in [3.63, 3.8) is 0 Å². The van der Waals surface area contributed by atoms with Gasteiger partial charge in [-0.15, -0.1) is 5.92 Å². The van der Waals surface area contributed by atoms with E-state index in [1.807, 2.05) is 20.8 Å². The molecule has 0 aliphatic heterocycles. The van der Waals surface area contributed by atoms with Gasteiger partial charge in [0.05, 0.1) is 17.7 Å². The van der Waals surface area contributed by atoms with Gasteiger partial charge in [-0.25, -0.2) is 9.59 Å². The van der Waals surface area contributed by atoms with Crippen molar-refractivity contribution in [2.24, 2.45) is 5.92 Å². The van der Waals surface area contributed by atoms with Crippen LogP contribution in [0.3, 0.4) is 0 Å². The van der Waals surface area contributed by atoms with Crippen LogP contribution in [0.5, 0.6) is 0 Å². The Bertz CT molecular complexity index is 622. The van der Waals surface area contributed by atoms with Gasteiger partial charge in [0, 0.05) is 12.8 Å². The monoisotopic (exact) mass is 344 g/mol. The lowest BCUT2D eigenvalue weighted by molar-refractivity contribution is 0.0291. The molecule has 0 aliphatic carbocycles. The highest BCUT2D eigenvalue weighted by Gasteiger charge is 2.21. The van der Waals surface area contributed by atoms with Gasteiger partial charge in [0.15, 0.2) is 0 Å². The normalized spacial score (nSPS) is 11.4. The summed E-state index contributed by atoms with van der Waals surface area (Å²) in [6.45, 7) is 8.24. The van der Waals surface area contributed by atoms with Crippen LogP contribution in [-0.4, -0.2) is 24.6 Å². The van der Waals surface area contributed by atoms with Crippen LogP contribution in [0.2, 0.25) is 0 Å². The van der Waals surface area contributed by atoms with E-state index in [0.29, 0.717) is 19.4 Å². The van der Waals surface area contributed by atoms with Gasteiger partial charge in [-0.05, 0) is 30.9 Å². The van der Waals surface area contributed by atoms with Crippen molar-refractivity contribution in [1.29, 1.82) is 0 Å². The van der Waals surface area contributed by atoms with Crippen molar-refractivity contribution in [1.82, 2.24) is 0 Å². The highest BCUT2D eigenvalue weighted by Crippen LogP contribution is 2.15. The van der Waals surface area contributed by atoms with Crippen LogP contribution in [0.25, 0.3) is 0 Å². The van der Waals surface area contributed by atoms with Gasteiger partial charge in [-0.3, -0.25) is 0 Å². The lowest BCUT2D eigenvalue weighted by atomic mass is 10.1. The van der Waals surface area contributed by atoms with Gasteiger partial charge in [0.25, 0.3) is 0 Å². The molecular formula is C21H28O4. The summed E-state index contributed by atoms with van der Waals surface area (Å²) in [5.74, 6) is 5.32. The number of hydrogen-bond donors (Lipinski definition) is 0. The number of rotatable bonds is 8. The molecule has 1 atom stereocenters. The van der Waals surface area contributed by atoms with E-state index < -0.39 is 11.9 Å². The van der Waals surface area contributed by atoms with Gasteiger partial charge in [-0.1, -0.05) is 45.7 Å². The molecule has 4 heteroatoms. The summed E-state index contributed by atoms with van der Waals surface area (Å²) < 4.78 is 10.8. The first-order valence-corrected chi connectivity index (χ1v) is 8.92. The van der Waals surface area contributed by atoms with Crippen LogP contribution in [-0.2, 0) is 9.47 Å². The maximum atomic E-state index is 12.5. The van der Waals surface area contributed by atoms with Gasteiger partial charge in [0.2, 0.25) is 0 Å². The summed E-state index contributed by atoms with van der Waals surface area (Å²) in [6.07, 6.45) is 2.75. The van der Waals surface area contributed by atoms with Crippen molar-refractivity contribution < 1.29 is 19.1 Å². The van der Waals surface area contributed by atoms with E-state index in [0.717, 1.165) is 12.8 Å². The maximum absolute atomic E-state index is 12.5. The van der Waals surface area contributed by atoms with E-state index in [9.17, 15) is 9.59 Å². The summed E-state index contributed by atoms with van der Waals surface area (Å²) in [7, 11) is 0. The van der Waals surface area contributed by atoms with Crippen LogP contribution in [0.15, 0.2) is 24.3 Å². The Kier molecular flexibility index (Phi) is 9.39. The second-order valence-electron chi connectivity index (χ2n) is 6.28. The molecule has 0 bridgehead atoms. The molecule has 1 unspecified atom stereocenters. The fourth-order valence-corrected chi connectivity index (χ4v) is 2.04. The van der Waals surface area contributed by atoms with E-state index in [1.165, 1.54) is 0 Å². The van der Waals surface area contributed by atoms with Crippen LogP contribution in [0.4, 0.5) is 0 Å². The summed E-state index contributed by atoms with van der Waals surface area (Å²) in [4.78, 5) is 24.7. The van der Waals surface area contributed by atoms with Crippen LogP contribution in [0, 0.1) is 17.8 Å². The predicted molar refractivity (Wildman–Crippen MR) is 98.4 cm³/mol. The van der Waals surface area contributed by atoms with Crippen LogP contribution >= 0.6 is 0 Å². The molecule has 0 aliphatic rings. The van der Waals surface area contributed by atoms with Gasteiger partial charge < -0.3 is 9.47 Å². The zero-order chi connectivity index (χ0) is 18.7. The van der Waals surface area contributed by atoms with Crippen molar-refractivity contribution in [2.75, 3.05) is 6.61 Å². The highest BCUT2D eigenvalue weighted by atomic mass is 16.5. The molecule has 0 saturated carbocycles. The largest absolute Gasteiger partial charge is 0.462 e. The predicted octanol–water partition coefficient (Wildman–Crippen LogP) is 4.63. The number of benzene rings is 1. The standard InChI is InChI=1S/C21H28O4/c1-5-7-8-9-12-17(6-2)25-21(23)19-14-11-10-13-18(19)20(22)24-15-16(3)4/h10-11,13-14,16-17H,5-7,12,15H2,1-4H3. The second kappa shape index (κ2) is 11.3. The number of ether oxygens (including phenoxy) is 2. The lowest BCUT2D eigenvalue weighted by Crippen LogP contribution is -2.20. The summed E-state index contributed by atoms with van der Waals surface area (Å²) in [6, 6.07) is 6.58. The minimum atomic E-state index is -0.513. The molecule has 1 aromatic rings. The Balaban J connectivity index is 2.80. The topological polar surface area (TPSA) is 52.6 Å². The zero-order valence-corrected chi connectivity index (χ0v) is 15.6. The summed E-state index contributed by atoms with van der Waals surface area (Å²) in [5.41, 5.74) is 0.469. The first-order chi connectivity index (χ1) is 12.0. The zero-order valence-electron chi connectivity index (χ0n) is 15.6. The second-order valence-corrected chi connectivity index (χ2v) is 6.28. The maximum Gasteiger partial charge on any atom is 0.339 e. The Hall–Kier alpha value is -2.28. The molecule has 0 saturated heterocycles. The Morgan fingerprint density at radius 2 is 1.68 bits per heavy atom. The fourth-order valence-electron chi connectivity index (χ4n) is 2.04. The Morgan fingerprint density at radius 1 is 1.04 bits per heavy atom. The number of esters is 2. The summed E-state index contributed by atoms with van der Waals surface area (Å²) >= 11 is 0. The number of hydrogen-bond acceptors (Lipinski definition) is 4. The van der Waals surface area contributed by atoms with Gasteiger partial charge in [0.1, 0.15) is 6.10 Å². The van der Waals surface area contributed by atoms with E-state index in [-0.39, 0.29) is 23.1 Å². The van der Waals surface area contributed by atoms with E-state index in [4.69, 9.17) is 9.47 Å². The van der Waals surface area contributed by atoms with E-state index in [2.05, 4.69) is 18.8 Å². The first-order valence-electron chi connectivity index (χ1n) is 8.92. The molecule has 0 fully saturated rings. The van der Waals surface area contributed by atoms with Gasteiger partial charge >= 0.3 is 11.9 Å². The molecule has 0 spiro atoms. The molecular weight excluding hydrogens is 316 g/mol. The average molecular weight is 344 g/mol. The molecule has 0 radical (unpaired) electrons. The third-order valence-corrected chi connectivity index (χ3v) is 3.47. The lowest BCUT2D eigenvalue weighted by Gasteiger charge is -2.15. The average Bonchev–Trinajstić information content (AvgIpc) is 2.62. The molecule has 1 aromatic carbocycles. The number of unbranched alkanes of at least 4 members (excludes halogenated alkanes) is 1. The molecule has 1 rings (SSSR count).